The van der Waals surface area contributed by atoms with E-state index in [0.29, 0.717) is 5.56 Å². The largest absolute Gasteiger partial charge is 0.331 e. The molecule has 3 rings (SSSR count). The van der Waals surface area contributed by atoms with Gasteiger partial charge in [0.25, 0.3) is 5.91 Å². The average molecular weight is 301 g/mol. The van der Waals surface area contributed by atoms with Gasteiger partial charge in [-0.2, -0.15) is 5.10 Å². The van der Waals surface area contributed by atoms with E-state index in [-0.39, 0.29) is 17.8 Å². The van der Waals surface area contributed by atoms with Crippen molar-refractivity contribution in [3.8, 4) is 0 Å². The molecule has 4 nitrogen and oxygen atoms in total. The molecule has 1 atom stereocenters. The van der Waals surface area contributed by atoms with Gasteiger partial charge in [-0.3, -0.25) is 9.48 Å². The Morgan fingerprint density at radius 2 is 2.00 bits per heavy atom. The normalized spacial score (nSPS) is 19.0. The minimum absolute atomic E-state index is 0.0317. The van der Waals surface area contributed by atoms with Crippen LogP contribution in [0.4, 0.5) is 4.39 Å². The van der Waals surface area contributed by atoms with Crippen LogP contribution < -0.4 is 0 Å². The number of halogens is 1. The molecule has 1 aliphatic rings. The number of carbonyl (C=O) groups excluding carboxylic acids is 1. The molecule has 1 unspecified atom stereocenters. The van der Waals surface area contributed by atoms with Crippen molar-refractivity contribution in [2.45, 2.75) is 31.7 Å². The Morgan fingerprint density at radius 3 is 2.68 bits per heavy atom. The quantitative estimate of drug-likeness (QED) is 0.853. The maximum atomic E-state index is 13.1. The highest BCUT2D eigenvalue weighted by Gasteiger charge is 2.28. The topological polar surface area (TPSA) is 38.1 Å². The number of likely N-dealkylation sites (tertiary alicyclic amines) is 1. The molecular weight excluding hydrogens is 281 g/mol. The van der Waals surface area contributed by atoms with Gasteiger partial charge in [0.15, 0.2) is 0 Å². The lowest BCUT2D eigenvalue weighted by atomic mass is 10.0. The van der Waals surface area contributed by atoms with Crippen molar-refractivity contribution in [1.82, 2.24) is 14.7 Å². The maximum Gasteiger partial charge on any atom is 0.254 e. The van der Waals surface area contributed by atoms with Crippen molar-refractivity contribution < 1.29 is 9.18 Å². The summed E-state index contributed by atoms with van der Waals surface area (Å²) < 4.78 is 14.8. The third kappa shape index (κ3) is 3.03. The lowest BCUT2D eigenvalue weighted by Crippen LogP contribution is -2.34. The highest BCUT2D eigenvalue weighted by molar-refractivity contribution is 5.94. The van der Waals surface area contributed by atoms with Crippen LogP contribution >= 0.6 is 0 Å². The Hall–Kier alpha value is -2.17. The summed E-state index contributed by atoms with van der Waals surface area (Å²) in [5.74, 6) is -0.355. The molecule has 1 fully saturated rings. The number of aryl methyl sites for hydroxylation is 1. The van der Waals surface area contributed by atoms with Crippen LogP contribution in [0.2, 0.25) is 0 Å². The van der Waals surface area contributed by atoms with E-state index in [1.807, 2.05) is 24.3 Å². The van der Waals surface area contributed by atoms with Gasteiger partial charge in [0, 0.05) is 30.9 Å². The molecule has 5 heteroatoms. The minimum atomic E-state index is -0.323. The number of hydrogen-bond donors (Lipinski definition) is 0. The van der Waals surface area contributed by atoms with Crippen LogP contribution in [-0.4, -0.2) is 27.1 Å². The fourth-order valence-electron chi connectivity index (χ4n) is 3.07. The van der Waals surface area contributed by atoms with Gasteiger partial charge in [0.05, 0.1) is 12.2 Å². The predicted octanol–water partition coefficient (Wildman–Crippen LogP) is 3.32. The van der Waals surface area contributed by atoms with Crippen molar-refractivity contribution in [1.29, 1.82) is 0 Å². The standard InChI is InChI=1S/C17H20FN3O/c1-20-12-14(11-19-20)16-5-3-2-4-10-21(16)17(22)13-6-8-15(18)9-7-13/h6-9,11-12,16H,2-5,10H2,1H3. The van der Waals surface area contributed by atoms with Gasteiger partial charge in [-0.1, -0.05) is 12.8 Å². The molecule has 2 aromatic rings. The second-order valence-electron chi connectivity index (χ2n) is 5.82. The third-order valence-corrected chi connectivity index (χ3v) is 4.21. The maximum absolute atomic E-state index is 13.1. The molecule has 0 spiro atoms. The van der Waals surface area contributed by atoms with Crippen LogP contribution in [0, 0.1) is 5.82 Å². The summed E-state index contributed by atoms with van der Waals surface area (Å²) >= 11 is 0. The number of aromatic nitrogens is 2. The van der Waals surface area contributed by atoms with Gasteiger partial charge in [-0.05, 0) is 37.1 Å². The molecule has 1 saturated heterocycles. The first-order valence-corrected chi connectivity index (χ1v) is 7.70. The van der Waals surface area contributed by atoms with E-state index in [2.05, 4.69) is 5.10 Å². The van der Waals surface area contributed by atoms with Crippen LogP contribution in [0.1, 0.15) is 47.6 Å². The van der Waals surface area contributed by atoms with Gasteiger partial charge >= 0.3 is 0 Å². The van der Waals surface area contributed by atoms with Crippen molar-refractivity contribution in [2.75, 3.05) is 6.54 Å². The molecule has 0 bridgehead atoms. The first-order chi connectivity index (χ1) is 10.6. The highest BCUT2D eigenvalue weighted by Crippen LogP contribution is 2.31. The molecule has 0 aliphatic carbocycles. The summed E-state index contributed by atoms with van der Waals surface area (Å²) in [6, 6.07) is 5.84. The zero-order valence-corrected chi connectivity index (χ0v) is 12.7. The lowest BCUT2D eigenvalue weighted by Gasteiger charge is -2.29. The summed E-state index contributed by atoms with van der Waals surface area (Å²) in [5, 5.41) is 4.23. The molecule has 0 radical (unpaired) electrons. The summed E-state index contributed by atoms with van der Waals surface area (Å²) in [4.78, 5) is 14.7. The Kier molecular flexibility index (Phi) is 4.22. The van der Waals surface area contributed by atoms with Crippen molar-refractivity contribution >= 4 is 5.91 Å². The van der Waals surface area contributed by atoms with Crippen molar-refractivity contribution in [3.63, 3.8) is 0 Å². The summed E-state index contributed by atoms with van der Waals surface area (Å²) in [6.45, 7) is 0.732. The average Bonchev–Trinajstić information content (AvgIpc) is 2.81. The van der Waals surface area contributed by atoms with E-state index < -0.39 is 0 Å². The van der Waals surface area contributed by atoms with Crippen LogP contribution in [-0.2, 0) is 7.05 Å². The molecule has 22 heavy (non-hydrogen) atoms. The molecule has 0 saturated carbocycles. The molecule has 1 aliphatic heterocycles. The van der Waals surface area contributed by atoms with E-state index in [9.17, 15) is 9.18 Å². The SMILES string of the molecule is Cn1cc(C2CCCCCN2C(=O)c2ccc(F)cc2)cn1. The van der Waals surface area contributed by atoms with E-state index in [1.54, 1.807) is 16.8 Å². The summed E-state index contributed by atoms with van der Waals surface area (Å²) in [5.41, 5.74) is 1.61. The Morgan fingerprint density at radius 1 is 1.23 bits per heavy atom. The zero-order valence-electron chi connectivity index (χ0n) is 12.7. The monoisotopic (exact) mass is 301 g/mol. The molecule has 116 valence electrons. The van der Waals surface area contributed by atoms with Gasteiger partial charge < -0.3 is 4.90 Å². The number of rotatable bonds is 2. The molecule has 1 amide bonds. The highest BCUT2D eigenvalue weighted by atomic mass is 19.1. The minimum Gasteiger partial charge on any atom is -0.331 e. The fraction of sp³-hybridized carbons (Fsp3) is 0.412. The number of benzene rings is 1. The van der Waals surface area contributed by atoms with Gasteiger partial charge in [0.1, 0.15) is 5.82 Å². The first kappa shape index (κ1) is 14.8. The molecule has 1 aromatic heterocycles. The second-order valence-corrected chi connectivity index (χ2v) is 5.82. The molecule has 2 heterocycles. The van der Waals surface area contributed by atoms with E-state index in [0.717, 1.165) is 37.8 Å². The Balaban J connectivity index is 1.89. The third-order valence-electron chi connectivity index (χ3n) is 4.21. The predicted molar refractivity (Wildman–Crippen MR) is 81.9 cm³/mol. The Bertz CT molecular complexity index is 650. The number of carbonyl (C=O) groups is 1. The Labute approximate surface area is 129 Å². The summed E-state index contributed by atoms with van der Waals surface area (Å²) in [6.07, 6.45) is 7.99. The van der Waals surface area contributed by atoms with Gasteiger partial charge in [-0.15, -0.1) is 0 Å². The summed E-state index contributed by atoms with van der Waals surface area (Å²) in [7, 11) is 1.88. The fourth-order valence-corrected chi connectivity index (χ4v) is 3.07. The van der Waals surface area contributed by atoms with Crippen LogP contribution in [0.5, 0.6) is 0 Å². The van der Waals surface area contributed by atoms with E-state index in [4.69, 9.17) is 0 Å². The van der Waals surface area contributed by atoms with Gasteiger partial charge in [-0.25, -0.2) is 4.39 Å². The van der Waals surface area contributed by atoms with Crippen molar-refractivity contribution in [3.05, 3.63) is 53.6 Å². The smallest absolute Gasteiger partial charge is 0.254 e. The number of amides is 1. The van der Waals surface area contributed by atoms with Crippen LogP contribution in [0.15, 0.2) is 36.7 Å². The lowest BCUT2D eigenvalue weighted by molar-refractivity contribution is 0.0681. The number of hydrogen-bond acceptors (Lipinski definition) is 2. The molecule has 0 N–H and O–H groups in total. The van der Waals surface area contributed by atoms with E-state index >= 15 is 0 Å². The number of nitrogens with zero attached hydrogens (tertiary/aromatic N) is 3. The molecular formula is C17H20FN3O. The second kappa shape index (κ2) is 6.30. The van der Waals surface area contributed by atoms with Crippen LogP contribution in [0.25, 0.3) is 0 Å². The van der Waals surface area contributed by atoms with Crippen molar-refractivity contribution in [2.24, 2.45) is 7.05 Å². The van der Waals surface area contributed by atoms with Gasteiger partial charge in [0.2, 0.25) is 0 Å². The van der Waals surface area contributed by atoms with E-state index in [1.165, 1.54) is 12.1 Å². The zero-order chi connectivity index (χ0) is 15.5. The molecule has 1 aromatic carbocycles. The van der Waals surface area contributed by atoms with Crippen LogP contribution in [0.3, 0.4) is 0 Å². The first-order valence-electron chi connectivity index (χ1n) is 7.70.